The van der Waals surface area contributed by atoms with Crippen molar-refractivity contribution in [2.24, 2.45) is 0 Å². The van der Waals surface area contributed by atoms with Gasteiger partial charge >= 0.3 is 5.97 Å². The number of ether oxygens (including phenoxy) is 1. The number of hydrogen-bond acceptors (Lipinski definition) is 5. The van der Waals surface area contributed by atoms with Crippen LogP contribution in [0, 0.1) is 18.3 Å². The van der Waals surface area contributed by atoms with Gasteiger partial charge in [-0.2, -0.15) is 5.26 Å². The summed E-state index contributed by atoms with van der Waals surface area (Å²) in [6.45, 7) is 5.17. The number of benzene rings is 1. The van der Waals surface area contributed by atoms with Crippen LogP contribution in [0.5, 0.6) is 0 Å². The predicted molar refractivity (Wildman–Crippen MR) is 98.4 cm³/mol. The van der Waals surface area contributed by atoms with Crippen LogP contribution in [0.2, 0.25) is 0 Å². The van der Waals surface area contributed by atoms with Crippen LogP contribution in [0.3, 0.4) is 0 Å². The molecule has 1 aromatic heterocycles. The second-order valence-electron chi connectivity index (χ2n) is 5.56. The summed E-state index contributed by atoms with van der Waals surface area (Å²) in [6.07, 6.45) is 2.80. The van der Waals surface area contributed by atoms with Gasteiger partial charge in [-0.15, -0.1) is 11.3 Å². The summed E-state index contributed by atoms with van der Waals surface area (Å²) in [4.78, 5) is 24.5. The van der Waals surface area contributed by atoms with Gasteiger partial charge in [0.25, 0.3) is 0 Å². The minimum Gasteiger partial charge on any atom is -0.459 e. The maximum Gasteiger partial charge on any atom is 0.348 e. The summed E-state index contributed by atoms with van der Waals surface area (Å²) in [5, 5.41) is 12.3. The Labute approximate surface area is 150 Å². The van der Waals surface area contributed by atoms with E-state index in [4.69, 9.17) is 4.74 Å². The van der Waals surface area contributed by atoms with E-state index in [0.29, 0.717) is 15.4 Å². The highest BCUT2D eigenvalue weighted by molar-refractivity contribution is 7.18. The van der Waals surface area contributed by atoms with Crippen LogP contribution in [0.1, 0.15) is 40.2 Å². The molecule has 0 aliphatic carbocycles. The van der Waals surface area contributed by atoms with E-state index >= 15 is 0 Å². The molecule has 2 rings (SSSR count). The highest BCUT2D eigenvalue weighted by Gasteiger charge is 2.22. The first-order valence-electron chi connectivity index (χ1n) is 7.71. The maximum atomic E-state index is 12.1. The van der Waals surface area contributed by atoms with E-state index in [0.717, 1.165) is 16.9 Å². The summed E-state index contributed by atoms with van der Waals surface area (Å²) in [7, 11) is 0. The van der Waals surface area contributed by atoms with Crippen molar-refractivity contribution in [1.29, 1.82) is 5.26 Å². The summed E-state index contributed by atoms with van der Waals surface area (Å²) in [6, 6.07) is 11.4. The lowest BCUT2D eigenvalue weighted by Gasteiger charge is -2.06. The zero-order valence-corrected chi connectivity index (χ0v) is 15.0. The first kappa shape index (κ1) is 18.4. The lowest BCUT2D eigenvalue weighted by atomic mass is 10.1. The number of nitrogens with one attached hydrogen (secondary N) is 1. The molecule has 25 heavy (non-hydrogen) atoms. The van der Waals surface area contributed by atoms with Crippen molar-refractivity contribution < 1.29 is 14.3 Å². The number of esters is 1. The van der Waals surface area contributed by atoms with Gasteiger partial charge in [0.15, 0.2) is 0 Å². The molecule has 128 valence electrons. The normalized spacial score (nSPS) is 10.7. The summed E-state index contributed by atoms with van der Waals surface area (Å²) in [5.41, 5.74) is 1.68. The molecule has 1 heterocycles. The molecule has 0 aliphatic heterocycles. The van der Waals surface area contributed by atoms with Crippen molar-refractivity contribution in [3.63, 3.8) is 0 Å². The number of nitriles is 1. The lowest BCUT2D eigenvalue weighted by molar-refractivity contribution is -0.111. The van der Waals surface area contributed by atoms with Crippen LogP contribution in [0.25, 0.3) is 6.08 Å². The largest absolute Gasteiger partial charge is 0.459 e. The Morgan fingerprint density at radius 1 is 1.28 bits per heavy atom. The van der Waals surface area contributed by atoms with Crippen molar-refractivity contribution in [3.05, 3.63) is 58.0 Å². The third-order valence-corrected chi connectivity index (χ3v) is 4.44. The second-order valence-corrected chi connectivity index (χ2v) is 6.58. The SMILES string of the molecule is Cc1c(C(=O)OC(C)C)sc(NC(=O)C=Cc2ccccc2)c1C#N. The van der Waals surface area contributed by atoms with Crippen LogP contribution < -0.4 is 5.32 Å². The van der Waals surface area contributed by atoms with Crippen molar-refractivity contribution >= 4 is 34.3 Å². The third kappa shape index (κ3) is 4.78. The van der Waals surface area contributed by atoms with Gasteiger partial charge < -0.3 is 10.1 Å². The molecular weight excluding hydrogens is 336 g/mol. The number of anilines is 1. The fraction of sp³-hybridized carbons (Fsp3) is 0.211. The van der Waals surface area contributed by atoms with Gasteiger partial charge in [0.05, 0.1) is 11.7 Å². The van der Waals surface area contributed by atoms with Gasteiger partial charge in [-0.25, -0.2) is 4.79 Å². The molecule has 1 amide bonds. The molecule has 0 aliphatic rings. The van der Waals surface area contributed by atoms with E-state index in [2.05, 4.69) is 5.32 Å². The summed E-state index contributed by atoms with van der Waals surface area (Å²) >= 11 is 1.05. The molecular formula is C19H18N2O3S. The standard InChI is InChI=1S/C19H18N2O3S/c1-12(2)24-19(23)17-13(3)15(11-20)18(25-17)21-16(22)10-9-14-7-5-4-6-8-14/h4-10,12H,1-3H3,(H,21,22). The third-order valence-electron chi connectivity index (χ3n) is 3.25. The van der Waals surface area contributed by atoms with E-state index in [1.54, 1.807) is 26.8 Å². The Bertz CT molecular complexity index is 846. The van der Waals surface area contributed by atoms with Crippen molar-refractivity contribution in [1.82, 2.24) is 0 Å². The quantitative estimate of drug-likeness (QED) is 0.646. The Hall–Kier alpha value is -2.91. The van der Waals surface area contributed by atoms with E-state index < -0.39 is 5.97 Å². The van der Waals surface area contributed by atoms with E-state index in [1.807, 2.05) is 36.4 Å². The zero-order chi connectivity index (χ0) is 18.4. The fourth-order valence-corrected chi connectivity index (χ4v) is 3.13. The smallest absolute Gasteiger partial charge is 0.348 e. The monoisotopic (exact) mass is 354 g/mol. The van der Waals surface area contributed by atoms with E-state index in [1.165, 1.54) is 6.08 Å². The number of nitrogens with zero attached hydrogens (tertiary/aromatic N) is 1. The van der Waals surface area contributed by atoms with Gasteiger partial charge in [0.2, 0.25) is 5.91 Å². The first-order valence-corrected chi connectivity index (χ1v) is 8.52. The van der Waals surface area contributed by atoms with Gasteiger partial charge in [-0.3, -0.25) is 4.79 Å². The first-order chi connectivity index (χ1) is 11.9. The fourth-order valence-electron chi connectivity index (χ4n) is 2.09. The number of rotatable bonds is 5. The minimum absolute atomic E-state index is 0.258. The number of hydrogen-bond donors (Lipinski definition) is 1. The predicted octanol–water partition coefficient (Wildman–Crippen LogP) is 4.15. The molecule has 0 atom stereocenters. The molecule has 0 bridgehead atoms. The van der Waals surface area contributed by atoms with Crippen molar-refractivity contribution in [3.8, 4) is 6.07 Å². The lowest BCUT2D eigenvalue weighted by Crippen LogP contribution is -2.11. The average Bonchev–Trinajstić information content (AvgIpc) is 2.89. The van der Waals surface area contributed by atoms with Crippen LogP contribution in [-0.4, -0.2) is 18.0 Å². The van der Waals surface area contributed by atoms with Crippen LogP contribution >= 0.6 is 11.3 Å². The Balaban J connectivity index is 2.19. The Kier molecular flexibility index (Phi) is 6.09. The number of carbonyl (C=O) groups excluding carboxylic acids is 2. The molecule has 1 N–H and O–H groups in total. The molecule has 0 unspecified atom stereocenters. The molecule has 0 saturated carbocycles. The zero-order valence-electron chi connectivity index (χ0n) is 14.2. The highest BCUT2D eigenvalue weighted by atomic mass is 32.1. The van der Waals surface area contributed by atoms with Gasteiger partial charge in [0, 0.05) is 6.08 Å². The van der Waals surface area contributed by atoms with Crippen molar-refractivity contribution in [2.75, 3.05) is 5.32 Å². The van der Waals surface area contributed by atoms with Crippen molar-refractivity contribution in [2.45, 2.75) is 26.9 Å². The molecule has 0 fully saturated rings. The number of thiophene rings is 1. The van der Waals surface area contributed by atoms with E-state index in [-0.39, 0.29) is 17.6 Å². The molecule has 0 spiro atoms. The highest BCUT2D eigenvalue weighted by Crippen LogP contribution is 2.33. The molecule has 0 saturated heterocycles. The average molecular weight is 354 g/mol. The maximum absolute atomic E-state index is 12.1. The minimum atomic E-state index is -0.491. The summed E-state index contributed by atoms with van der Waals surface area (Å²) < 4.78 is 5.18. The van der Waals surface area contributed by atoms with Gasteiger partial charge in [0.1, 0.15) is 15.9 Å². The van der Waals surface area contributed by atoms with Gasteiger partial charge in [-0.1, -0.05) is 30.3 Å². The number of amides is 1. The van der Waals surface area contributed by atoms with Crippen LogP contribution in [0.15, 0.2) is 36.4 Å². The number of carbonyl (C=O) groups is 2. The van der Waals surface area contributed by atoms with E-state index in [9.17, 15) is 14.9 Å². The van der Waals surface area contributed by atoms with Gasteiger partial charge in [-0.05, 0) is 38.0 Å². The molecule has 6 heteroatoms. The molecule has 1 aromatic carbocycles. The Morgan fingerprint density at radius 3 is 2.56 bits per heavy atom. The summed E-state index contributed by atoms with van der Waals surface area (Å²) in [5.74, 6) is -0.861. The van der Waals surface area contributed by atoms with Crippen LogP contribution in [-0.2, 0) is 9.53 Å². The van der Waals surface area contributed by atoms with Crippen LogP contribution in [0.4, 0.5) is 5.00 Å². The molecule has 2 aromatic rings. The molecule has 0 radical (unpaired) electrons. The molecule has 5 nitrogen and oxygen atoms in total. The second kappa shape index (κ2) is 8.27. The Morgan fingerprint density at radius 2 is 1.96 bits per heavy atom. The topological polar surface area (TPSA) is 79.2 Å².